The van der Waals surface area contributed by atoms with Crippen LogP contribution in [0.25, 0.3) is 22.6 Å². The number of benzene rings is 2. The quantitative estimate of drug-likeness (QED) is 0.451. The first kappa shape index (κ1) is 20.8. The number of fused-ring (bicyclic) bond motifs is 1. The van der Waals surface area contributed by atoms with Gasteiger partial charge in [-0.15, -0.1) is 0 Å². The zero-order valence-corrected chi connectivity index (χ0v) is 17.9. The first-order chi connectivity index (χ1) is 14.9. The van der Waals surface area contributed by atoms with Crippen LogP contribution in [0.4, 0.5) is 5.69 Å². The first-order valence-electron chi connectivity index (χ1n) is 9.87. The minimum atomic E-state index is -3.65. The van der Waals surface area contributed by atoms with E-state index in [2.05, 4.69) is 15.3 Å². The zero-order chi connectivity index (χ0) is 22.0. The molecular weight excluding hydrogens is 416 g/mol. The molecule has 160 valence electrons. The van der Waals surface area contributed by atoms with Crippen molar-refractivity contribution in [1.29, 1.82) is 0 Å². The Balaban J connectivity index is 1.58. The number of carbonyl (C=O) groups is 1. The Hall–Kier alpha value is -3.43. The van der Waals surface area contributed by atoms with Gasteiger partial charge >= 0.3 is 0 Å². The molecule has 31 heavy (non-hydrogen) atoms. The van der Waals surface area contributed by atoms with Gasteiger partial charge in [-0.2, -0.15) is 4.31 Å². The Bertz CT molecular complexity index is 1320. The average molecular weight is 439 g/mol. The summed E-state index contributed by atoms with van der Waals surface area (Å²) in [6, 6.07) is 14.9. The monoisotopic (exact) mass is 438 g/mol. The third-order valence-corrected chi connectivity index (χ3v) is 6.98. The molecule has 0 saturated carbocycles. The van der Waals surface area contributed by atoms with Gasteiger partial charge in [0.05, 0.1) is 22.2 Å². The maximum absolute atomic E-state index is 12.8. The number of aromatic nitrogens is 2. The molecule has 0 aliphatic heterocycles. The minimum Gasteiger partial charge on any atom is -0.461 e. The number of sulfonamides is 1. The summed E-state index contributed by atoms with van der Waals surface area (Å²) < 4.78 is 32.2. The van der Waals surface area contributed by atoms with E-state index >= 15 is 0 Å². The van der Waals surface area contributed by atoms with Crippen molar-refractivity contribution in [3.63, 3.8) is 0 Å². The van der Waals surface area contributed by atoms with Crippen molar-refractivity contribution in [2.24, 2.45) is 0 Å². The standard InChI is InChI=1S/C22H22N4O4S/c1-3-26(4-2)31(28,29)17-8-5-7-15(13-17)22(27)23-16-10-11-18-19(14-16)25-21(24-18)20-9-6-12-30-20/h5-14H,3-4H2,1-2H3,(H,23,27)(H,24,25). The number of aromatic amines is 1. The highest BCUT2D eigenvalue weighted by Crippen LogP contribution is 2.24. The number of nitrogens with one attached hydrogen (secondary N) is 2. The molecular formula is C22H22N4O4S. The van der Waals surface area contributed by atoms with Crippen LogP contribution in [-0.2, 0) is 10.0 Å². The van der Waals surface area contributed by atoms with E-state index in [4.69, 9.17) is 4.42 Å². The molecule has 0 fully saturated rings. The molecule has 2 aromatic heterocycles. The summed E-state index contributed by atoms with van der Waals surface area (Å²) in [5, 5.41) is 2.81. The highest BCUT2D eigenvalue weighted by molar-refractivity contribution is 7.89. The van der Waals surface area contributed by atoms with Crippen molar-refractivity contribution in [1.82, 2.24) is 14.3 Å². The van der Waals surface area contributed by atoms with Crippen molar-refractivity contribution in [3.8, 4) is 11.6 Å². The van der Waals surface area contributed by atoms with Gasteiger partial charge in [0, 0.05) is 24.3 Å². The molecule has 0 aliphatic rings. The van der Waals surface area contributed by atoms with Gasteiger partial charge < -0.3 is 14.7 Å². The van der Waals surface area contributed by atoms with E-state index < -0.39 is 15.9 Å². The second-order valence-corrected chi connectivity index (χ2v) is 8.80. The number of furan rings is 1. The SMILES string of the molecule is CCN(CC)S(=O)(=O)c1cccc(C(=O)Nc2ccc3nc(-c4ccco4)[nH]c3c2)c1. The molecule has 9 heteroatoms. The fourth-order valence-corrected chi connectivity index (χ4v) is 4.84. The molecule has 0 atom stereocenters. The van der Waals surface area contributed by atoms with Crippen LogP contribution in [0.1, 0.15) is 24.2 Å². The van der Waals surface area contributed by atoms with Crippen LogP contribution in [-0.4, -0.2) is 41.7 Å². The van der Waals surface area contributed by atoms with Gasteiger partial charge in [0.2, 0.25) is 10.0 Å². The second kappa shape index (κ2) is 8.37. The molecule has 2 N–H and O–H groups in total. The first-order valence-corrected chi connectivity index (χ1v) is 11.3. The molecule has 0 saturated heterocycles. The minimum absolute atomic E-state index is 0.0935. The Labute approximate surface area is 180 Å². The van der Waals surface area contributed by atoms with E-state index in [1.165, 1.54) is 16.4 Å². The van der Waals surface area contributed by atoms with E-state index in [-0.39, 0.29) is 10.5 Å². The van der Waals surface area contributed by atoms with E-state index in [1.807, 2.05) is 0 Å². The Morgan fingerprint density at radius 1 is 1.10 bits per heavy atom. The summed E-state index contributed by atoms with van der Waals surface area (Å²) in [4.78, 5) is 20.5. The lowest BCUT2D eigenvalue weighted by Gasteiger charge is -2.18. The molecule has 0 unspecified atom stereocenters. The number of rotatable bonds is 7. The molecule has 0 aliphatic carbocycles. The van der Waals surface area contributed by atoms with Crippen LogP contribution < -0.4 is 5.32 Å². The van der Waals surface area contributed by atoms with Gasteiger partial charge in [-0.3, -0.25) is 4.79 Å². The number of H-pyrrole nitrogens is 1. The van der Waals surface area contributed by atoms with Gasteiger partial charge in [-0.25, -0.2) is 13.4 Å². The van der Waals surface area contributed by atoms with E-state index in [0.29, 0.717) is 30.4 Å². The molecule has 4 aromatic rings. The highest BCUT2D eigenvalue weighted by atomic mass is 32.2. The summed E-state index contributed by atoms with van der Waals surface area (Å²) in [5.41, 5.74) is 2.29. The maximum atomic E-state index is 12.8. The summed E-state index contributed by atoms with van der Waals surface area (Å²) in [7, 11) is -3.65. The molecule has 0 spiro atoms. The van der Waals surface area contributed by atoms with E-state index in [0.717, 1.165) is 11.0 Å². The van der Waals surface area contributed by atoms with E-state index in [9.17, 15) is 13.2 Å². The summed E-state index contributed by atoms with van der Waals surface area (Å²) >= 11 is 0. The predicted molar refractivity (Wildman–Crippen MR) is 118 cm³/mol. The molecule has 0 bridgehead atoms. The third kappa shape index (κ3) is 4.10. The van der Waals surface area contributed by atoms with Crippen LogP contribution in [0.3, 0.4) is 0 Å². The number of amides is 1. The Kier molecular flexibility index (Phi) is 5.62. The number of carbonyl (C=O) groups excluding carboxylic acids is 1. The van der Waals surface area contributed by atoms with Crippen LogP contribution >= 0.6 is 0 Å². The van der Waals surface area contributed by atoms with Gasteiger partial charge in [0.1, 0.15) is 0 Å². The summed E-state index contributed by atoms with van der Waals surface area (Å²) in [5.74, 6) is 0.813. The second-order valence-electron chi connectivity index (χ2n) is 6.87. The van der Waals surface area contributed by atoms with E-state index in [1.54, 1.807) is 62.6 Å². The fraction of sp³-hybridized carbons (Fsp3) is 0.182. The zero-order valence-electron chi connectivity index (χ0n) is 17.1. The molecule has 1 amide bonds. The van der Waals surface area contributed by atoms with Gasteiger partial charge in [0.25, 0.3) is 5.91 Å². The van der Waals surface area contributed by atoms with Gasteiger partial charge in [-0.05, 0) is 48.5 Å². The average Bonchev–Trinajstić information content (AvgIpc) is 3.44. The Morgan fingerprint density at radius 2 is 1.90 bits per heavy atom. The number of imidazole rings is 1. The van der Waals surface area contributed by atoms with Crippen LogP contribution in [0.2, 0.25) is 0 Å². The fourth-order valence-electron chi connectivity index (χ4n) is 3.33. The topological polar surface area (TPSA) is 108 Å². The van der Waals surface area contributed by atoms with Crippen molar-refractivity contribution in [3.05, 3.63) is 66.4 Å². The summed E-state index contributed by atoms with van der Waals surface area (Å²) in [6.07, 6.45) is 1.57. The number of hydrogen-bond donors (Lipinski definition) is 2. The highest BCUT2D eigenvalue weighted by Gasteiger charge is 2.22. The maximum Gasteiger partial charge on any atom is 0.255 e. The van der Waals surface area contributed by atoms with Gasteiger partial charge in [-0.1, -0.05) is 19.9 Å². The third-order valence-electron chi connectivity index (χ3n) is 4.93. The lowest BCUT2D eigenvalue weighted by atomic mass is 10.2. The van der Waals surface area contributed by atoms with Crippen molar-refractivity contribution in [2.45, 2.75) is 18.7 Å². The number of nitrogens with zero attached hydrogens (tertiary/aromatic N) is 2. The molecule has 0 radical (unpaired) electrons. The lowest BCUT2D eigenvalue weighted by molar-refractivity contribution is 0.102. The Morgan fingerprint density at radius 3 is 2.61 bits per heavy atom. The molecule has 2 heterocycles. The number of hydrogen-bond acceptors (Lipinski definition) is 5. The molecule has 2 aromatic carbocycles. The lowest BCUT2D eigenvalue weighted by Crippen LogP contribution is -2.30. The van der Waals surface area contributed by atoms with Crippen molar-refractivity contribution in [2.75, 3.05) is 18.4 Å². The van der Waals surface area contributed by atoms with Crippen molar-refractivity contribution >= 4 is 32.7 Å². The summed E-state index contributed by atoms with van der Waals surface area (Å²) in [6.45, 7) is 4.28. The van der Waals surface area contributed by atoms with Gasteiger partial charge in [0.15, 0.2) is 11.6 Å². The number of anilines is 1. The predicted octanol–water partition coefficient (Wildman–Crippen LogP) is 4.11. The van der Waals surface area contributed by atoms with Crippen molar-refractivity contribution < 1.29 is 17.6 Å². The molecule has 4 rings (SSSR count). The largest absolute Gasteiger partial charge is 0.461 e. The van der Waals surface area contributed by atoms with Crippen LogP contribution in [0.15, 0.2) is 70.2 Å². The van der Waals surface area contributed by atoms with Crippen LogP contribution in [0.5, 0.6) is 0 Å². The smallest absolute Gasteiger partial charge is 0.255 e. The molecule has 8 nitrogen and oxygen atoms in total. The normalized spacial score (nSPS) is 11.8. The van der Waals surface area contributed by atoms with Crippen LogP contribution in [0, 0.1) is 0 Å².